The van der Waals surface area contributed by atoms with Crippen LogP contribution in [0.3, 0.4) is 0 Å². The van der Waals surface area contributed by atoms with Gasteiger partial charge in [0, 0.05) is 40.7 Å². The molecule has 1 spiro atoms. The van der Waals surface area contributed by atoms with E-state index in [-0.39, 0.29) is 12.3 Å². The molecule has 6 rings (SSSR count). The molecule has 1 N–H and O–H groups in total. The first kappa shape index (κ1) is 22.2. The average molecular weight is 488 g/mol. The number of para-hydroxylation sites is 1. The number of nitrogens with zero attached hydrogens (tertiary/aromatic N) is 2. The Hall–Kier alpha value is -4.27. The van der Waals surface area contributed by atoms with Gasteiger partial charge in [-0.05, 0) is 38.1 Å². The molecule has 9 heteroatoms. The Bertz CT molecular complexity index is 1430. The summed E-state index contributed by atoms with van der Waals surface area (Å²) < 4.78 is 19.0. The van der Waals surface area contributed by atoms with Crippen LogP contribution in [0.1, 0.15) is 33.7 Å². The van der Waals surface area contributed by atoms with Crippen molar-refractivity contribution in [3.63, 3.8) is 0 Å². The van der Waals surface area contributed by atoms with Gasteiger partial charge in [0.15, 0.2) is 22.8 Å². The largest absolute Gasteiger partial charge is 0.493 e. The molecule has 3 aliphatic rings. The van der Waals surface area contributed by atoms with Gasteiger partial charge in [-0.25, -0.2) is 4.79 Å². The minimum atomic E-state index is -1.21. The first-order chi connectivity index (χ1) is 17.4. The Morgan fingerprint density at radius 3 is 2.53 bits per heavy atom. The number of ether oxygens (including phenoxy) is 3. The smallest absolute Gasteiger partial charge is 0.325 e. The highest BCUT2D eigenvalue weighted by Crippen LogP contribution is 2.41. The molecule has 4 heterocycles. The number of hydrogen-bond acceptors (Lipinski definition) is 6. The number of amides is 3. The summed E-state index contributed by atoms with van der Waals surface area (Å²) in [5.74, 6) is 1.16. The Kier molecular flexibility index (Phi) is 5.03. The van der Waals surface area contributed by atoms with Crippen molar-refractivity contribution < 1.29 is 28.6 Å². The van der Waals surface area contributed by atoms with E-state index in [2.05, 4.69) is 5.32 Å². The number of imide groups is 1. The van der Waals surface area contributed by atoms with Crippen molar-refractivity contribution in [3.05, 3.63) is 71.0 Å². The number of aryl methyl sites for hydroxylation is 1. The monoisotopic (exact) mass is 487 g/mol. The van der Waals surface area contributed by atoms with Crippen molar-refractivity contribution in [1.82, 2.24) is 14.8 Å². The van der Waals surface area contributed by atoms with Crippen molar-refractivity contribution in [3.8, 4) is 22.9 Å². The van der Waals surface area contributed by atoms with Crippen LogP contribution >= 0.6 is 0 Å². The van der Waals surface area contributed by atoms with Gasteiger partial charge < -0.3 is 24.1 Å². The maximum Gasteiger partial charge on any atom is 0.325 e. The number of fused-ring (bicyclic) bond motifs is 3. The zero-order chi connectivity index (χ0) is 25.0. The summed E-state index contributed by atoms with van der Waals surface area (Å²) in [4.78, 5) is 40.9. The molecule has 1 fully saturated rings. The number of rotatable bonds is 4. The second kappa shape index (κ2) is 8.15. The quantitative estimate of drug-likeness (QED) is 0.448. The van der Waals surface area contributed by atoms with E-state index in [4.69, 9.17) is 14.2 Å². The number of urea groups is 1. The second-order valence-electron chi connectivity index (χ2n) is 9.19. The highest BCUT2D eigenvalue weighted by atomic mass is 16.6. The van der Waals surface area contributed by atoms with Gasteiger partial charge in [0.2, 0.25) is 0 Å². The van der Waals surface area contributed by atoms with Crippen molar-refractivity contribution in [1.29, 1.82) is 0 Å². The summed E-state index contributed by atoms with van der Waals surface area (Å²) in [5.41, 5.74) is 2.25. The lowest BCUT2D eigenvalue weighted by atomic mass is 9.84. The van der Waals surface area contributed by atoms with Crippen LogP contribution in [0, 0.1) is 13.8 Å². The van der Waals surface area contributed by atoms with Crippen LogP contribution in [-0.4, -0.2) is 53.6 Å². The minimum Gasteiger partial charge on any atom is -0.493 e. The van der Waals surface area contributed by atoms with Crippen LogP contribution < -0.4 is 19.5 Å². The number of carbonyl (C=O) groups excluding carboxylic acids is 3. The predicted octanol–water partition coefficient (Wildman–Crippen LogP) is 3.28. The fourth-order valence-electron chi connectivity index (χ4n) is 5.36. The highest BCUT2D eigenvalue weighted by molar-refractivity contribution is 6.12. The highest BCUT2D eigenvalue weighted by Gasteiger charge is 2.55. The molecule has 3 aromatic rings. The molecule has 0 bridgehead atoms. The van der Waals surface area contributed by atoms with E-state index in [9.17, 15) is 14.4 Å². The molecule has 1 saturated heterocycles. The van der Waals surface area contributed by atoms with Crippen LogP contribution in [0.15, 0.2) is 48.5 Å². The number of carbonyl (C=O) groups is 3. The summed E-state index contributed by atoms with van der Waals surface area (Å²) in [6, 6.07) is 14.0. The Labute approximate surface area is 207 Å². The summed E-state index contributed by atoms with van der Waals surface area (Å²) in [5, 5.41) is 2.84. The maximum absolute atomic E-state index is 13.5. The Morgan fingerprint density at radius 2 is 1.69 bits per heavy atom. The van der Waals surface area contributed by atoms with E-state index in [1.165, 1.54) is 0 Å². The van der Waals surface area contributed by atoms with Crippen molar-refractivity contribution in [2.24, 2.45) is 0 Å². The molecule has 36 heavy (non-hydrogen) atoms. The van der Waals surface area contributed by atoms with Crippen LogP contribution in [0.25, 0.3) is 5.69 Å². The lowest BCUT2D eigenvalue weighted by Crippen LogP contribution is -2.47. The molecule has 184 valence electrons. The lowest BCUT2D eigenvalue weighted by molar-refractivity contribution is -0.132. The molecule has 0 aliphatic carbocycles. The van der Waals surface area contributed by atoms with Crippen molar-refractivity contribution in [2.75, 3.05) is 26.4 Å². The number of aromatic nitrogens is 1. The maximum atomic E-state index is 13.5. The van der Waals surface area contributed by atoms with Gasteiger partial charge in [-0.3, -0.25) is 14.5 Å². The van der Waals surface area contributed by atoms with Crippen LogP contribution in [0.5, 0.6) is 17.2 Å². The Morgan fingerprint density at radius 1 is 0.944 bits per heavy atom. The van der Waals surface area contributed by atoms with Crippen LogP contribution in [0.2, 0.25) is 0 Å². The second-order valence-corrected chi connectivity index (χ2v) is 9.19. The molecule has 3 aliphatic heterocycles. The molecule has 0 saturated carbocycles. The zero-order valence-electron chi connectivity index (χ0n) is 20.0. The van der Waals surface area contributed by atoms with E-state index >= 15 is 0 Å². The molecule has 1 atom stereocenters. The van der Waals surface area contributed by atoms with Gasteiger partial charge in [-0.2, -0.15) is 0 Å². The Balaban J connectivity index is 1.28. The normalized spacial score (nSPS) is 20.2. The van der Waals surface area contributed by atoms with Crippen molar-refractivity contribution >= 4 is 17.7 Å². The van der Waals surface area contributed by atoms with Crippen LogP contribution in [-0.2, 0) is 10.3 Å². The molecule has 3 amide bonds. The summed E-state index contributed by atoms with van der Waals surface area (Å²) in [6.07, 6.45) is 0.303. The molecular formula is C27H25N3O6. The first-order valence-corrected chi connectivity index (χ1v) is 11.9. The molecule has 0 unspecified atom stereocenters. The average Bonchev–Trinajstić information content (AvgIpc) is 3.31. The molecule has 0 radical (unpaired) electrons. The summed E-state index contributed by atoms with van der Waals surface area (Å²) >= 11 is 0. The van der Waals surface area contributed by atoms with Gasteiger partial charge in [0.25, 0.3) is 5.91 Å². The first-order valence-electron chi connectivity index (χ1n) is 11.9. The van der Waals surface area contributed by atoms with Gasteiger partial charge in [-0.15, -0.1) is 0 Å². The topological polar surface area (TPSA) is 99.1 Å². The fraction of sp³-hybridized carbons (Fsp3) is 0.296. The van der Waals surface area contributed by atoms with E-state index in [1.807, 2.05) is 42.7 Å². The number of hydrogen-bond donors (Lipinski definition) is 1. The third-order valence-electron chi connectivity index (χ3n) is 7.07. The van der Waals surface area contributed by atoms with Gasteiger partial charge in [-0.1, -0.05) is 18.2 Å². The van der Waals surface area contributed by atoms with E-state index in [0.717, 1.165) is 16.3 Å². The SMILES string of the molecule is Cc1cc(C(=O)CN2C(=O)N[C@]3(CCOc4ccccc43)C2=O)c(C)n1-c1ccc2c(c1)OCCO2. The van der Waals surface area contributed by atoms with Gasteiger partial charge in [0.1, 0.15) is 19.0 Å². The minimum absolute atomic E-state index is 0.293. The number of ketones is 1. The van der Waals surface area contributed by atoms with Gasteiger partial charge in [0.05, 0.1) is 13.2 Å². The van der Waals surface area contributed by atoms with Gasteiger partial charge >= 0.3 is 6.03 Å². The number of Topliss-reactive ketones (excluding diaryl/α,β-unsaturated/α-hetero) is 1. The summed E-state index contributed by atoms with van der Waals surface area (Å²) in [7, 11) is 0. The van der Waals surface area contributed by atoms with Crippen molar-refractivity contribution in [2.45, 2.75) is 25.8 Å². The van der Waals surface area contributed by atoms with E-state index < -0.39 is 17.5 Å². The van der Waals surface area contributed by atoms with Crippen LogP contribution in [0.4, 0.5) is 4.79 Å². The molecule has 1 aromatic heterocycles. The predicted molar refractivity (Wildman–Crippen MR) is 129 cm³/mol. The third kappa shape index (κ3) is 3.26. The van der Waals surface area contributed by atoms with E-state index in [1.54, 1.807) is 24.3 Å². The lowest BCUT2D eigenvalue weighted by Gasteiger charge is -2.33. The summed E-state index contributed by atoms with van der Waals surface area (Å²) in [6.45, 7) is 4.69. The van der Waals surface area contributed by atoms with E-state index in [0.29, 0.717) is 60.3 Å². The molecule has 2 aromatic carbocycles. The number of nitrogens with one attached hydrogen (secondary N) is 1. The molecular weight excluding hydrogens is 462 g/mol. The third-order valence-corrected chi connectivity index (χ3v) is 7.07. The number of benzene rings is 2. The fourth-order valence-corrected chi connectivity index (χ4v) is 5.36. The standard InChI is InChI=1S/C27H25N3O6/c1-16-13-19(17(2)30(16)18-7-8-23-24(14-18)36-12-11-35-23)21(31)15-29-25(32)27(28-26(29)33)9-10-34-22-6-4-3-5-20(22)27/h3-8,13-14H,9-12,15H2,1-2H3,(H,28,33)/t27-/m0/s1. The molecule has 9 nitrogen and oxygen atoms in total. The zero-order valence-corrected chi connectivity index (χ0v) is 20.0.